The molecule has 0 radical (unpaired) electrons. The molecule has 116 valence electrons. The Labute approximate surface area is 133 Å². The zero-order chi connectivity index (χ0) is 16.0. The van der Waals surface area contributed by atoms with Crippen molar-refractivity contribution in [3.8, 4) is 11.5 Å². The molecule has 0 aliphatic carbocycles. The number of halogens is 1. The van der Waals surface area contributed by atoms with Crippen LogP contribution in [0.15, 0.2) is 60.7 Å². The predicted octanol–water partition coefficient (Wildman–Crippen LogP) is 4.00. The summed E-state index contributed by atoms with van der Waals surface area (Å²) in [5, 5.41) is 2.45. The summed E-state index contributed by atoms with van der Waals surface area (Å²) in [4.78, 5) is 11.9. The van der Waals surface area contributed by atoms with E-state index >= 15 is 0 Å². The SMILES string of the molecule is C[C@H](NP(=O)(Cl)Oc1ccccc1)C(=O)Oc1ccccc1. The molecule has 2 atom stereocenters. The largest absolute Gasteiger partial charge is 0.425 e. The van der Waals surface area contributed by atoms with Crippen molar-refractivity contribution in [3.05, 3.63) is 60.7 Å². The Morgan fingerprint density at radius 1 is 1.05 bits per heavy atom. The van der Waals surface area contributed by atoms with Crippen LogP contribution in [-0.2, 0) is 9.36 Å². The first-order valence-electron chi connectivity index (χ1n) is 6.55. The van der Waals surface area contributed by atoms with Gasteiger partial charge in [0.15, 0.2) is 0 Å². The number of nitrogens with one attached hydrogen (secondary N) is 1. The molecule has 0 heterocycles. The number of carbonyl (C=O) groups is 1. The molecule has 7 heteroatoms. The molecule has 0 saturated carbocycles. The lowest BCUT2D eigenvalue weighted by Gasteiger charge is -2.18. The molecule has 0 saturated heterocycles. The van der Waals surface area contributed by atoms with E-state index in [1.54, 1.807) is 60.7 Å². The van der Waals surface area contributed by atoms with Gasteiger partial charge in [0.05, 0.1) is 0 Å². The number of hydrogen-bond acceptors (Lipinski definition) is 4. The summed E-state index contributed by atoms with van der Waals surface area (Å²) in [5.41, 5.74) is 0. The molecular formula is C15H15ClNO4P. The van der Waals surface area contributed by atoms with Gasteiger partial charge in [-0.15, -0.1) is 0 Å². The van der Waals surface area contributed by atoms with E-state index in [0.29, 0.717) is 11.5 Å². The van der Waals surface area contributed by atoms with Crippen LogP contribution in [0.4, 0.5) is 0 Å². The van der Waals surface area contributed by atoms with Crippen LogP contribution < -0.4 is 14.3 Å². The Hall–Kier alpha value is -1.81. The molecule has 2 aromatic rings. The van der Waals surface area contributed by atoms with Gasteiger partial charge < -0.3 is 9.26 Å². The topological polar surface area (TPSA) is 64.6 Å². The summed E-state index contributed by atoms with van der Waals surface area (Å²) in [6.45, 7) is -2.21. The van der Waals surface area contributed by atoms with E-state index < -0.39 is 18.9 Å². The fourth-order valence-corrected chi connectivity index (χ4v) is 3.31. The smallest absolute Gasteiger partial charge is 0.409 e. The lowest BCUT2D eigenvalue weighted by molar-refractivity contribution is -0.135. The van der Waals surface area contributed by atoms with E-state index in [1.807, 2.05) is 0 Å². The van der Waals surface area contributed by atoms with Crippen molar-refractivity contribution in [2.24, 2.45) is 0 Å². The zero-order valence-corrected chi connectivity index (χ0v) is 13.5. The number of ether oxygens (including phenoxy) is 1. The first kappa shape index (κ1) is 16.6. The Morgan fingerprint density at radius 3 is 2.09 bits per heavy atom. The average molecular weight is 340 g/mol. The van der Waals surface area contributed by atoms with Crippen molar-refractivity contribution in [2.75, 3.05) is 0 Å². The zero-order valence-electron chi connectivity index (χ0n) is 11.8. The Balaban J connectivity index is 1.93. The third-order valence-electron chi connectivity index (χ3n) is 2.63. The van der Waals surface area contributed by atoms with Gasteiger partial charge in [-0.05, 0) is 31.2 Å². The maximum atomic E-state index is 12.2. The van der Waals surface area contributed by atoms with E-state index in [4.69, 9.17) is 20.5 Å². The molecule has 2 rings (SSSR count). The summed E-state index contributed by atoms with van der Waals surface area (Å²) >= 11 is 5.83. The average Bonchev–Trinajstić information content (AvgIpc) is 2.48. The molecule has 0 bridgehead atoms. The van der Waals surface area contributed by atoms with Crippen molar-refractivity contribution < 1.29 is 18.6 Å². The van der Waals surface area contributed by atoms with E-state index in [9.17, 15) is 9.36 Å². The number of carbonyl (C=O) groups excluding carboxylic acids is 1. The minimum absolute atomic E-state index is 0.344. The van der Waals surface area contributed by atoms with E-state index in [-0.39, 0.29) is 0 Å². The molecule has 0 amide bonds. The van der Waals surface area contributed by atoms with Gasteiger partial charge in [0.25, 0.3) is 0 Å². The highest BCUT2D eigenvalue weighted by atomic mass is 35.7. The van der Waals surface area contributed by atoms with Gasteiger partial charge in [0.1, 0.15) is 17.5 Å². The molecule has 0 fully saturated rings. The second-order valence-corrected chi connectivity index (χ2v) is 7.20. The van der Waals surface area contributed by atoms with Crippen molar-refractivity contribution in [2.45, 2.75) is 13.0 Å². The summed E-state index contributed by atoms with van der Waals surface area (Å²) in [5.74, 6) is 0.134. The van der Waals surface area contributed by atoms with Crippen LogP contribution in [-0.4, -0.2) is 12.0 Å². The number of esters is 1. The third kappa shape index (κ3) is 5.19. The van der Waals surface area contributed by atoms with E-state index in [1.165, 1.54) is 6.92 Å². The summed E-state index contributed by atoms with van der Waals surface area (Å²) in [7, 11) is 0. The van der Waals surface area contributed by atoms with Gasteiger partial charge in [-0.1, -0.05) is 36.4 Å². The van der Waals surface area contributed by atoms with Gasteiger partial charge in [-0.2, -0.15) is 0 Å². The summed E-state index contributed by atoms with van der Waals surface area (Å²) < 4.78 is 22.5. The van der Waals surface area contributed by atoms with E-state index in [0.717, 1.165) is 0 Å². The van der Waals surface area contributed by atoms with Crippen LogP contribution in [0.3, 0.4) is 0 Å². The van der Waals surface area contributed by atoms with Gasteiger partial charge in [-0.25, -0.2) is 14.4 Å². The first-order valence-corrected chi connectivity index (χ1v) is 9.08. The Morgan fingerprint density at radius 2 is 1.55 bits per heavy atom. The molecule has 22 heavy (non-hydrogen) atoms. The normalized spacial score (nSPS) is 14.6. The first-order chi connectivity index (χ1) is 10.5. The van der Waals surface area contributed by atoms with Crippen LogP contribution in [0.2, 0.25) is 0 Å². The number of benzene rings is 2. The molecule has 0 aliphatic heterocycles. The minimum atomic E-state index is -3.71. The number of rotatable bonds is 6. The van der Waals surface area contributed by atoms with Crippen LogP contribution in [0, 0.1) is 0 Å². The molecule has 1 N–H and O–H groups in total. The fourth-order valence-electron chi connectivity index (χ4n) is 1.62. The molecule has 0 aromatic heterocycles. The highest BCUT2D eigenvalue weighted by Gasteiger charge is 2.28. The second kappa shape index (κ2) is 7.45. The van der Waals surface area contributed by atoms with E-state index in [2.05, 4.69) is 5.09 Å². The van der Waals surface area contributed by atoms with Crippen molar-refractivity contribution in [1.29, 1.82) is 0 Å². The number of para-hydroxylation sites is 2. The lowest BCUT2D eigenvalue weighted by atomic mass is 10.3. The van der Waals surface area contributed by atoms with Gasteiger partial charge in [0.2, 0.25) is 0 Å². The van der Waals surface area contributed by atoms with Crippen molar-refractivity contribution in [3.63, 3.8) is 0 Å². The van der Waals surface area contributed by atoms with Crippen LogP contribution in [0.1, 0.15) is 6.92 Å². The Kier molecular flexibility index (Phi) is 5.61. The minimum Gasteiger partial charge on any atom is -0.425 e. The van der Waals surface area contributed by atoms with Crippen LogP contribution in [0.5, 0.6) is 11.5 Å². The van der Waals surface area contributed by atoms with Gasteiger partial charge in [-0.3, -0.25) is 0 Å². The Bertz CT molecular complexity index is 666. The third-order valence-corrected chi connectivity index (χ3v) is 4.27. The lowest BCUT2D eigenvalue weighted by Crippen LogP contribution is -2.35. The van der Waals surface area contributed by atoms with Crippen molar-refractivity contribution in [1.82, 2.24) is 5.09 Å². The molecule has 1 unspecified atom stereocenters. The molecule has 5 nitrogen and oxygen atoms in total. The number of hydrogen-bond donors (Lipinski definition) is 1. The van der Waals surface area contributed by atoms with Crippen LogP contribution in [0.25, 0.3) is 0 Å². The van der Waals surface area contributed by atoms with Crippen molar-refractivity contribution >= 4 is 24.1 Å². The molecule has 2 aromatic carbocycles. The van der Waals surface area contributed by atoms with Crippen LogP contribution >= 0.6 is 18.1 Å². The predicted molar refractivity (Wildman–Crippen MR) is 85.2 cm³/mol. The standard InChI is InChI=1S/C15H15ClNO4P/c1-12(15(18)20-13-8-4-2-5-9-13)17-22(16,19)21-14-10-6-3-7-11-14/h2-12H,1H3,(H,17,19)/t12-,22?/m0/s1. The maximum Gasteiger partial charge on any atom is 0.409 e. The summed E-state index contributed by atoms with van der Waals surface area (Å²) in [6, 6.07) is 16.1. The molecule has 0 spiro atoms. The molecular weight excluding hydrogens is 325 g/mol. The highest BCUT2D eigenvalue weighted by molar-refractivity contribution is 7.84. The quantitative estimate of drug-likeness (QED) is 0.489. The highest BCUT2D eigenvalue weighted by Crippen LogP contribution is 2.48. The van der Waals surface area contributed by atoms with Gasteiger partial charge in [0, 0.05) is 11.2 Å². The molecule has 0 aliphatic rings. The monoisotopic (exact) mass is 339 g/mol. The summed E-state index contributed by atoms with van der Waals surface area (Å²) in [6.07, 6.45) is 0. The van der Waals surface area contributed by atoms with Gasteiger partial charge >= 0.3 is 12.8 Å². The fraction of sp³-hybridized carbons (Fsp3) is 0.133. The maximum absolute atomic E-state index is 12.2. The second-order valence-electron chi connectivity index (χ2n) is 4.47.